The molecule has 3 N–H and O–H groups in total. The number of aliphatic carboxylic acids is 1. The fraction of sp³-hybridized carbons (Fsp3) is 0.882. The van der Waals surface area contributed by atoms with Gasteiger partial charge in [-0.05, 0) is 44.1 Å². The summed E-state index contributed by atoms with van der Waals surface area (Å²) >= 11 is 0. The minimum atomic E-state index is -0.833. The van der Waals surface area contributed by atoms with Crippen LogP contribution in [-0.2, 0) is 4.79 Å². The van der Waals surface area contributed by atoms with Crippen LogP contribution >= 0.6 is 0 Å². The summed E-state index contributed by atoms with van der Waals surface area (Å²) in [5.74, 6) is 0.555. The molecule has 0 aromatic carbocycles. The van der Waals surface area contributed by atoms with Gasteiger partial charge in [0.1, 0.15) is 0 Å². The van der Waals surface area contributed by atoms with Crippen LogP contribution in [0, 0.1) is 11.8 Å². The highest BCUT2D eigenvalue weighted by molar-refractivity contribution is 5.74. The SMILES string of the molecule is CC(=O)O.O=C(NCC1CCCCC1)N1C[C@@H]2CC[C@H]1CNC2. The van der Waals surface area contributed by atoms with Gasteiger partial charge in [0.05, 0.1) is 0 Å². The fourth-order valence-corrected chi connectivity index (χ4v) is 3.91. The predicted octanol–water partition coefficient (Wildman–Crippen LogP) is 2.05. The zero-order valence-corrected chi connectivity index (χ0v) is 14.2. The Morgan fingerprint density at radius 1 is 1.13 bits per heavy atom. The monoisotopic (exact) mass is 325 g/mol. The van der Waals surface area contributed by atoms with Gasteiger partial charge in [-0.1, -0.05) is 19.3 Å². The van der Waals surface area contributed by atoms with E-state index in [4.69, 9.17) is 9.90 Å². The second kappa shape index (κ2) is 9.11. The third kappa shape index (κ3) is 6.01. The smallest absolute Gasteiger partial charge is 0.317 e. The number of carbonyl (C=O) groups is 2. The van der Waals surface area contributed by atoms with Crippen LogP contribution in [0.15, 0.2) is 0 Å². The predicted molar refractivity (Wildman–Crippen MR) is 89.4 cm³/mol. The number of nitrogens with one attached hydrogen (secondary N) is 2. The zero-order valence-electron chi connectivity index (χ0n) is 14.2. The van der Waals surface area contributed by atoms with E-state index in [2.05, 4.69) is 15.5 Å². The number of piperidine rings is 1. The van der Waals surface area contributed by atoms with E-state index >= 15 is 0 Å². The summed E-state index contributed by atoms with van der Waals surface area (Å²) in [4.78, 5) is 23.5. The van der Waals surface area contributed by atoms with Crippen LogP contribution in [0.1, 0.15) is 51.9 Å². The lowest BCUT2D eigenvalue weighted by atomic mass is 9.89. The van der Waals surface area contributed by atoms with E-state index in [9.17, 15) is 4.79 Å². The van der Waals surface area contributed by atoms with Gasteiger partial charge in [-0.15, -0.1) is 0 Å². The molecule has 1 saturated carbocycles. The number of amides is 2. The average molecular weight is 325 g/mol. The number of carboxylic acid groups (broad SMARTS) is 1. The zero-order chi connectivity index (χ0) is 16.7. The molecule has 2 bridgehead atoms. The van der Waals surface area contributed by atoms with Crippen molar-refractivity contribution < 1.29 is 14.7 Å². The van der Waals surface area contributed by atoms with E-state index in [1.54, 1.807) is 0 Å². The van der Waals surface area contributed by atoms with Crippen molar-refractivity contribution in [2.75, 3.05) is 26.2 Å². The molecule has 0 spiro atoms. The van der Waals surface area contributed by atoms with Gasteiger partial charge in [0.2, 0.25) is 0 Å². The van der Waals surface area contributed by atoms with E-state index in [1.807, 2.05) is 0 Å². The molecule has 0 radical (unpaired) electrons. The van der Waals surface area contributed by atoms with Crippen molar-refractivity contribution in [3.8, 4) is 0 Å². The molecule has 4 rings (SSSR count). The number of fused-ring (bicyclic) bond motifs is 4. The number of carboxylic acids is 1. The lowest BCUT2D eigenvalue weighted by molar-refractivity contribution is -0.134. The fourth-order valence-electron chi connectivity index (χ4n) is 3.91. The first-order valence-corrected chi connectivity index (χ1v) is 9.01. The summed E-state index contributed by atoms with van der Waals surface area (Å²) in [6.07, 6.45) is 9.13. The Hall–Kier alpha value is -1.30. The van der Waals surface area contributed by atoms with Crippen molar-refractivity contribution in [2.24, 2.45) is 11.8 Å². The topological polar surface area (TPSA) is 81.7 Å². The molecule has 3 saturated heterocycles. The van der Waals surface area contributed by atoms with Crippen LogP contribution in [0.2, 0.25) is 0 Å². The molecule has 4 aliphatic rings. The van der Waals surface area contributed by atoms with E-state index in [1.165, 1.54) is 44.9 Å². The Labute approximate surface area is 139 Å². The molecule has 3 heterocycles. The van der Waals surface area contributed by atoms with Crippen LogP contribution in [0.3, 0.4) is 0 Å². The average Bonchev–Trinajstić information content (AvgIpc) is 2.88. The minimum Gasteiger partial charge on any atom is -0.481 e. The van der Waals surface area contributed by atoms with Gasteiger partial charge in [0.25, 0.3) is 5.97 Å². The van der Waals surface area contributed by atoms with Crippen molar-refractivity contribution in [2.45, 2.75) is 57.9 Å². The second-order valence-corrected chi connectivity index (χ2v) is 7.12. The summed E-state index contributed by atoms with van der Waals surface area (Å²) in [6, 6.07) is 0.606. The lowest BCUT2D eigenvalue weighted by Gasteiger charge is -2.36. The lowest BCUT2D eigenvalue weighted by Crippen LogP contribution is -2.52. The maximum atomic E-state index is 12.4. The van der Waals surface area contributed by atoms with Gasteiger partial charge in [-0.25, -0.2) is 4.79 Å². The van der Waals surface area contributed by atoms with Crippen molar-refractivity contribution in [1.82, 2.24) is 15.5 Å². The van der Waals surface area contributed by atoms with Crippen molar-refractivity contribution in [3.63, 3.8) is 0 Å². The largest absolute Gasteiger partial charge is 0.481 e. The number of rotatable bonds is 2. The molecule has 0 aromatic rings. The summed E-state index contributed by atoms with van der Waals surface area (Å²) in [7, 11) is 0. The highest BCUT2D eigenvalue weighted by Gasteiger charge is 2.34. The summed E-state index contributed by atoms with van der Waals surface area (Å²) in [6.45, 7) is 4.99. The third-order valence-corrected chi connectivity index (χ3v) is 5.14. The molecular weight excluding hydrogens is 294 g/mol. The van der Waals surface area contributed by atoms with Crippen LogP contribution in [0.4, 0.5) is 4.79 Å². The summed E-state index contributed by atoms with van der Waals surface area (Å²) in [5.41, 5.74) is 0. The van der Waals surface area contributed by atoms with Crippen molar-refractivity contribution >= 4 is 12.0 Å². The number of carbonyl (C=O) groups excluding carboxylic acids is 1. The first kappa shape index (κ1) is 18.0. The first-order chi connectivity index (χ1) is 11.1. The molecule has 3 aliphatic heterocycles. The van der Waals surface area contributed by atoms with E-state index < -0.39 is 5.97 Å². The normalized spacial score (nSPS) is 27.6. The van der Waals surface area contributed by atoms with Gasteiger partial charge in [0.15, 0.2) is 0 Å². The molecule has 0 unspecified atom stereocenters. The molecule has 132 valence electrons. The van der Waals surface area contributed by atoms with E-state index in [-0.39, 0.29) is 6.03 Å². The molecule has 6 heteroatoms. The first-order valence-electron chi connectivity index (χ1n) is 9.01. The van der Waals surface area contributed by atoms with Crippen LogP contribution < -0.4 is 10.6 Å². The Morgan fingerprint density at radius 3 is 2.52 bits per heavy atom. The van der Waals surface area contributed by atoms with Gasteiger partial charge in [-0.3, -0.25) is 4.79 Å². The third-order valence-electron chi connectivity index (χ3n) is 5.14. The number of hydrogen-bond acceptors (Lipinski definition) is 3. The quantitative estimate of drug-likeness (QED) is 0.726. The standard InChI is InChI=1S/C15H27N3O.C2H4O2/c19-15(17-9-12-4-2-1-3-5-12)18-11-13-6-7-14(18)10-16-8-13;1-2(3)4/h12-14,16H,1-11H2,(H,17,19);1H3,(H,3,4)/t13-,14+;/m1./s1. The number of nitrogens with zero attached hydrogens (tertiary/aromatic N) is 1. The van der Waals surface area contributed by atoms with Crippen LogP contribution in [-0.4, -0.2) is 54.2 Å². The van der Waals surface area contributed by atoms with Gasteiger partial charge < -0.3 is 20.6 Å². The highest BCUT2D eigenvalue weighted by Crippen LogP contribution is 2.25. The van der Waals surface area contributed by atoms with E-state index in [0.717, 1.165) is 39.0 Å². The van der Waals surface area contributed by atoms with Crippen LogP contribution in [0.5, 0.6) is 0 Å². The molecule has 2 amide bonds. The Balaban J connectivity index is 0.000000433. The van der Waals surface area contributed by atoms with Crippen molar-refractivity contribution in [3.05, 3.63) is 0 Å². The highest BCUT2D eigenvalue weighted by atomic mass is 16.4. The number of urea groups is 1. The van der Waals surface area contributed by atoms with Crippen LogP contribution in [0.25, 0.3) is 0 Å². The molecule has 2 atom stereocenters. The minimum absolute atomic E-state index is 0.184. The molecule has 6 nitrogen and oxygen atoms in total. The molecule has 23 heavy (non-hydrogen) atoms. The number of hydrogen-bond donors (Lipinski definition) is 3. The Bertz CT molecular complexity index is 389. The van der Waals surface area contributed by atoms with Crippen molar-refractivity contribution in [1.29, 1.82) is 0 Å². The van der Waals surface area contributed by atoms with E-state index in [0.29, 0.717) is 12.0 Å². The maximum Gasteiger partial charge on any atom is 0.317 e. The Morgan fingerprint density at radius 2 is 1.83 bits per heavy atom. The summed E-state index contributed by atoms with van der Waals surface area (Å²) in [5, 5.41) is 14.1. The maximum absolute atomic E-state index is 12.4. The van der Waals surface area contributed by atoms with Gasteiger partial charge in [-0.2, -0.15) is 0 Å². The van der Waals surface area contributed by atoms with Gasteiger partial charge in [0, 0.05) is 32.6 Å². The summed E-state index contributed by atoms with van der Waals surface area (Å²) < 4.78 is 0. The Kier molecular flexibility index (Phi) is 7.15. The molecule has 4 fully saturated rings. The molecular formula is C17H31N3O3. The molecule has 1 aliphatic carbocycles. The molecule has 0 aromatic heterocycles. The van der Waals surface area contributed by atoms with Gasteiger partial charge >= 0.3 is 6.03 Å². The second-order valence-electron chi connectivity index (χ2n) is 7.12.